The molecule has 0 unspecified atom stereocenters. The lowest BCUT2D eigenvalue weighted by molar-refractivity contribution is 0.971. The van der Waals surface area contributed by atoms with Crippen LogP contribution in [0.4, 0.5) is 5.82 Å². The Bertz CT molecular complexity index is 492. The highest BCUT2D eigenvalue weighted by Gasteiger charge is 2.10. The molecule has 0 amide bonds. The summed E-state index contributed by atoms with van der Waals surface area (Å²) in [6.45, 7) is 7.16. The Morgan fingerprint density at radius 2 is 2.12 bits per heavy atom. The van der Waals surface area contributed by atoms with E-state index in [0.29, 0.717) is 0 Å². The third kappa shape index (κ3) is 2.47. The number of nitrogens with one attached hydrogen (secondary N) is 1. The van der Waals surface area contributed by atoms with E-state index < -0.39 is 0 Å². The van der Waals surface area contributed by atoms with E-state index in [0.717, 1.165) is 41.4 Å². The summed E-state index contributed by atoms with van der Waals surface area (Å²) in [5.74, 6) is 1.78. The molecule has 0 aliphatic heterocycles. The van der Waals surface area contributed by atoms with Crippen LogP contribution in [0, 0.1) is 6.92 Å². The highest BCUT2D eigenvalue weighted by molar-refractivity contribution is 7.08. The number of hydrogen-bond acceptors (Lipinski definition) is 4. The van der Waals surface area contributed by atoms with Crippen LogP contribution in [-0.2, 0) is 6.42 Å². The Balaban J connectivity index is 2.50. The van der Waals surface area contributed by atoms with Gasteiger partial charge in [-0.2, -0.15) is 11.3 Å². The van der Waals surface area contributed by atoms with Gasteiger partial charge >= 0.3 is 0 Å². The molecule has 0 radical (unpaired) electrons. The van der Waals surface area contributed by atoms with Gasteiger partial charge in [-0.25, -0.2) is 9.97 Å². The van der Waals surface area contributed by atoms with Gasteiger partial charge in [0.05, 0.1) is 0 Å². The van der Waals surface area contributed by atoms with Crippen molar-refractivity contribution in [3.8, 4) is 11.4 Å². The van der Waals surface area contributed by atoms with Crippen LogP contribution >= 0.6 is 11.3 Å². The average Bonchev–Trinajstić information content (AvgIpc) is 2.85. The molecule has 0 saturated carbocycles. The zero-order valence-electron chi connectivity index (χ0n) is 10.4. The molecule has 2 aromatic rings. The zero-order chi connectivity index (χ0) is 12.3. The predicted molar refractivity (Wildman–Crippen MR) is 73.6 cm³/mol. The molecule has 0 saturated heterocycles. The molecule has 0 spiro atoms. The maximum atomic E-state index is 4.63. The summed E-state index contributed by atoms with van der Waals surface area (Å²) in [6.07, 6.45) is 0.934. The van der Waals surface area contributed by atoms with Crippen molar-refractivity contribution in [3.05, 3.63) is 28.1 Å². The van der Waals surface area contributed by atoms with Gasteiger partial charge in [0.25, 0.3) is 0 Å². The molecule has 2 rings (SSSR count). The van der Waals surface area contributed by atoms with Crippen LogP contribution in [0.25, 0.3) is 11.4 Å². The molecule has 0 atom stereocenters. The number of aryl methyl sites for hydroxylation is 1. The van der Waals surface area contributed by atoms with Gasteiger partial charge < -0.3 is 5.32 Å². The van der Waals surface area contributed by atoms with Crippen molar-refractivity contribution in [2.75, 3.05) is 11.9 Å². The molecule has 2 aromatic heterocycles. The van der Waals surface area contributed by atoms with Crippen molar-refractivity contribution in [1.29, 1.82) is 0 Å². The van der Waals surface area contributed by atoms with E-state index in [1.165, 1.54) is 0 Å². The lowest BCUT2D eigenvalue weighted by atomic mass is 10.2. The first-order chi connectivity index (χ1) is 8.26. The summed E-state index contributed by atoms with van der Waals surface area (Å²) in [5, 5.41) is 7.44. The molecule has 0 aliphatic carbocycles. The maximum absolute atomic E-state index is 4.63. The van der Waals surface area contributed by atoms with Crippen LogP contribution in [0.3, 0.4) is 0 Å². The molecule has 1 N–H and O–H groups in total. The topological polar surface area (TPSA) is 37.8 Å². The van der Waals surface area contributed by atoms with Crippen LogP contribution in [0.2, 0.25) is 0 Å². The van der Waals surface area contributed by atoms with E-state index >= 15 is 0 Å². The standard InChI is InChI=1S/C13H17N3S/c1-4-11-9(3)12(14-5-2)16-13(15-11)10-6-7-17-8-10/h6-8H,4-5H2,1-3H3,(H,14,15,16). The molecule has 0 bridgehead atoms. The minimum atomic E-state index is 0.824. The van der Waals surface area contributed by atoms with E-state index in [1.807, 2.05) is 0 Å². The lowest BCUT2D eigenvalue weighted by Crippen LogP contribution is -2.07. The fourth-order valence-electron chi connectivity index (χ4n) is 1.77. The summed E-state index contributed by atoms with van der Waals surface area (Å²) in [5.41, 5.74) is 3.38. The van der Waals surface area contributed by atoms with Crippen molar-refractivity contribution < 1.29 is 0 Å². The van der Waals surface area contributed by atoms with E-state index in [2.05, 4.69) is 52.9 Å². The van der Waals surface area contributed by atoms with Crippen molar-refractivity contribution in [2.24, 2.45) is 0 Å². The first-order valence-electron chi connectivity index (χ1n) is 5.90. The Kier molecular flexibility index (Phi) is 3.74. The van der Waals surface area contributed by atoms with E-state index in [9.17, 15) is 0 Å². The highest BCUT2D eigenvalue weighted by atomic mass is 32.1. The molecule has 4 heteroatoms. The van der Waals surface area contributed by atoms with Gasteiger partial charge in [0.2, 0.25) is 0 Å². The zero-order valence-corrected chi connectivity index (χ0v) is 11.3. The second kappa shape index (κ2) is 5.27. The largest absolute Gasteiger partial charge is 0.370 e. The lowest BCUT2D eigenvalue weighted by Gasteiger charge is -2.11. The van der Waals surface area contributed by atoms with Crippen molar-refractivity contribution in [3.63, 3.8) is 0 Å². The molecule has 0 fully saturated rings. The maximum Gasteiger partial charge on any atom is 0.162 e. The summed E-state index contributed by atoms with van der Waals surface area (Å²) >= 11 is 1.67. The quantitative estimate of drug-likeness (QED) is 0.898. The number of thiophene rings is 1. The summed E-state index contributed by atoms with van der Waals surface area (Å²) < 4.78 is 0. The van der Waals surface area contributed by atoms with Crippen LogP contribution < -0.4 is 5.32 Å². The summed E-state index contributed by atoms with van der Waals surface area (Å²) in [4.78, 5) is 9.23. The average molecular weight is 247 g/mol. The molecular weight excluding hydrogens is 230 g/mol. The summed E-state index contributed by atoms with van der Waals surface area (Å²) in [6, 6.07) is 2.06. The van der Waals surface area contributed by atoms with Crippen LogP contribution in [0.5, 0.6) is 0 Å². The van der Waals surface area contributed by atoms with Gasteiger partial charge in [0, 0.05) is 28.7 Å². The Morgan fingerprint density at radius 3 is 2.71 bits per heavy atom. The number of hydrogen-bond donors (Lipinski definition) is 1. The summed E-state index contributed by atoms with van der Waals surface area (Å²) in [7, 11) is 0. The first kappa shape index (κ1) is 12.0. The minimum Gasteiger partial charge on any atom is -0.370 e. The predicted octanol–water partition coefficient (Wildman–Crippen LogP) is 3.51. The van der Waals surface area contributed by atoms with Crippen molar-refractivity contribution in [1.82, 2.24) is 9.97 Å². The highest BCUT2D eigenvalue weighted by Crippen LogP contribution is 2.23. The van der Waals surface area contributed by atoms with Crippen molar-refractivity contribution in [2.45, 2.75) is 27.2 Å². The Hall–Kier alpha value is -1.42. The van der Waals surface area contributed by atoms with Gasteiger partial charge in [-0.1, -0.05) is 6.92 Å². The fourth-order valence-corrected chi connectivity index (χ4v) is 2.40. The minimum absolute atomic E-state index is 0.824. The number of aromatic nitrogens is 2. The normalized spacial score (nSPS) is 10.5. The second-order valence-corrected chi connectivity index (χ2v) is 4.64. The Morgan fingerprint density at radius 1 is 1.29 bits per heavy atom. The molecule has 2 heterocycles. The molecule has 0 aliphatic rings. The Labute approximate surface area is 106 Å². The number of rotatable bonds is 4. The van der Waals surface area contributed by atoms with Crippen LogP contribution in [-0.4, -0.2) is 16.5 Å². The van der Waals surface area contributed by atoms with Crippen LogP contribution in [0.1, 0.15) is 25.1 Å². The van der Waals surface area contributed by atoms with Crippen LogP contribution in [0.15, 0.2) is 16.8 Å². The van der Waals surface area contributed by atoms with Gasteiger partial charge in [-0.05, 0) is 31.7 Å². The SMILES string of the molecule is CCNc1nc(-c2ccsc2)nc(CC)c1C. The third-order valence-corrected chi connectivity index (χ3v) is 3.39. The van der Waals surface area contributed by atoms with Crippen molar-refractivity contribution >= 4 is 17.2 Å². The monoisotopic (exact) mass is 247 g/mol. The van der Waals surface area contributed by atoms with E-state index in [-0.39, 0.29) is 0 Å². The molecule has 0 aromatic carbocycles. The van der Waals surface area contributed by atoms with E-state index in [1.54, 1.807) is 11.3 Å². The number of anilines is 1. The molecule has 3 nitrogen and oxygen atoms in total. The first-order valence-corrected chi connectivity index (χ1v) is 6.84. The van der Waals surface area contributed by atoms with Gasteiger partial charge in [0.15, 0.2) is 5.82 Å². The van der Waals surface area contributed by atoms with Gasteiger partial charge in [-0.15, -0.1) is 0 Å². The fraction of sp³-hybridized carbons (Fsp3) is 0.385. The molecular formula is C13H17N3S. The third-order valence-electron chi connectivity index (χ3n) is 2.71. The molecule has 17 heavy (non-hydrogen) atoms. The van der Waals surface area contributed by atoms with E-state index in [4.69, 9.17) is 0 Å². The van der Waals surface area contributed by atoms with Gasteiger partial charge in [0.1, 0.15) is 5.82 Å². The second-order valence-electron chi connectivity index (χ2n) is 3.86. The number of nitrogens with zero attached hydrogens (tertiary/aromatic N) is 2. The molecule has 90 valence electrons. The smallest absolute Gasteiger partial charge is 0.162 e. The van der Waals surface area contributed by atoms with Gasteiger partial charge in [-0.3, -0.25) is 0 Å².